The molecule has 1 aromatic heterocycles. The van der Waals surface area contributed by atoms with Crippen LogP contribution in [-0.2, 0) is 10.0 Å². The Morgan fingerprint density at radius 1 is 1.23 bits per heavy atom. The molecule has 0 atom stereocenters. The third-order valence-corrected chi connectivity index (χ3v) is 5.85. The molecule has 0 aliphatic rings. The molecule has 0 spiro atoms. The molecule has 0 saturated heterocycles. The van der Waals surface area contributed by atoms with Crippen LogP contribution in [0.3, 0.4) is 0 Å². The van der Waals surface area contributed by atoms with Gasteiger partial charge in [-0.3, -0.25) is 20.2 Å². The Balaban J connectivity index is 1.93. The molecule has 0 bridgehead atoms. The molecule has 1 heterocycles. The highest BCUT2D eigenvalue weighted by molar-refractivity contribution is 7.89. The molecule has 0 fully saturated rings. The third kappa shape index (κ3) is 3.40. The fraction of sp³-hybridized carbons (Fsp3) is 0.0667. The molecule has 26 heavy (non-hydrogen) atoms. The van der Waals surface area contributed by atoms with Crippen LogP contribution in [0.5, 0.6) is 0 Å². The number of sulfonamides is 1. The van der Waals surface area contributed by atoms with Gasteiger partial charge in [0.2, 0.25) is 10.0 Å². The van der Waals surface area contributed by atoms with Crippen LogP contribution >= 0.6 is 11.3 Å². The molecule has 0 aliphatic carbocycles. The second kappa shape index (κ2) is 6.78. The molecule has 3 aromatic rings. The second-order valence-electron chi connectivity index (χ2n) is 5.08. The van der Waals surface area contributed by atoms with Gasteiger partial charge >= 0.3 is 0 Å². The number of aromatic nitrogens is 1. The predicted molar refractivity (Wildman–Crippen MR) is 96.9 cm³/mol. The molecular formula is C15H12N4O5S2. The summed E-state index contributed by atoms with van der Waals surface area (Å²) >= 11 is 1.07. The zero-order valence-electron chi connectivity index (χ0n) is 13.3. The number of nitro groups is 1. The number of anilines is 1. The van der Waals surface area contributed by atoms with Crippen molar-refractivity contribution in [2.45, 2.75) is 4.90 Å². The average molecular weight is 392 g/mol. The number of nitro benzene ring substituents is 1. The zero-order chi connectivity index (χ0) is 18.9. The van der Waals surface area contributed by atoms with E-state index in [1.54, 1.807) is 0 Å². The fourth-order valence-corrected chi connectivity index (χ4v) is 3.96. The van der Waals surface area contributed by atoms with Crippen molar-refractivity contribution in [2.24, 2.45) is 0 Å². The van der Waals surface area contributed by atoms with Gasteiger partial charge < -0.3 is 0 Å². The Labute approximate surface area is 151 Å². The average Bonchev–Trinajstić information content (AvgIpc) is 3.02. The van der Waals surface area contributed by atoms with Crippen molar-refractivity contribution in [3.05, 3.63) is 58.1 Å². The molecule has 11 heteroatoms. The van der Waals surface area contributed by atoms with Gasteiger partial charge in [-0.1, -0.05) is 23.5 Å². The van der Waals surface area contributed by atoms with Gasteiger partial charge in [-0.05, 0) is 31.3 Å². The molecule has 0 unspecified atom stereocenters. The summed E-state index contributed by atoms with van der Waals surface area (Å²) in [6, 6.07) is 9.95. The van der Waals surface area contributed by atoms with Crippen LogP contribution in [0.25, 0.3) is 10.2 Å². The molecule has 1 amide bonds. The maximum atomic E-state index is 12.3. The molecule has 2 N–H and O–H groups in total. The quantitative estimate of drug-likeness (QED) is 0.506. The fourth-order valence-electron chi connectivity index (χ4n) is 2.23. The van der Waals surface area contributed by atoms with Crippen molar-refractivity contribution in [1.82, 2.24) is 9.71 Å². The lowest BCUT2D eigenvalue weighted by atomic mass is 10.1. The van der Waals surface area contributed by atoms with Crippen molar-refractivity contribution in [1.29, 1.82) is 0 Å². The number of thiazole rings is 1. The van der Waals surface area contributed by atoms with E-state index >= 15 is 0 Å². The highest BCUT2D eigenvalue weighted by Gasteiger charge is 2.20. The van der Waals surface area contributed by atoms with Gasteiger partial charge in [0.1, 0.15) is 5.56 Å². The smallest absolute Gasteiger partial charge is 0.282 e. The van der Waals surface area contributed by atoms with Crippen LogP contribution in [0, 0.1) is 10.1 Å². The van der Waals surface area contributed by atoms with Crippen molar-refractivity contribution in [2.75, 3.05) is 12.4 Å². The second-order valence-corrected chi connectivity index (χ2v) is 8.00. The summed E-state index contributed by atoms with van der Waals surface area (Å²) in [5.74, 6) is -0.667. The lowest BCUT2D eigenvalue weighted by Crippen LogP contribution is -2.18. The van der Waals surface area contributed by atoms with E-state index in [0.29, 0.717) is 10.2 Å². The molecule has 9 nitrogen and oxygen atoms in total. The first kappa shape index (κ1) is 17.9. The van der Waals surface area contributed by atoms with Crippen LogP contribution in [0.4, 0.5) is 10.8 Å². The van der Waals surface area contributed by atoms with Crippen molar-refractivity contribution in [3.63, 3.8) is 0 Å². The number of carbonyl (C=O) groups excluding carboxylic acids is 1. The Hall–Kier alpha value is -2.89. The Morgan fingerprint density at radius 3 is 2.65 bits per heavy atom. The molecule has 3 rings (SSSR count). The van der Waals surface area contributed by atoms with Crippen LogP contribution < -0.4 is 10.0 Å². The summed E-state index contributed by atoms with van der Waals surface area (Å²) in [7, 11) is -2.28. The Kier molecular flexibility index (Phi) is 4.68. The van der Waals surface area contributed by atoms with E-state index < -0.39 is 20.9 Å². The number of hydrogen-bond donors (Lipinski definition) is 2. The van der Waals surface area contributed by atoms with Gasteiger partial charge in [0.15, 0.2) is 5.13 Å². The van der Waals surface area contributed by atoms with Gasteiger partial charge in [0.05, 0.1) is 20.0 Å². The summed E-state index contributed by atoms with van der Waals surface area (Å²) in [6.45, 7) is 0. The standard InChI is InChI=1S/C15H12N4O5S2/c1-16-26(23,24)9-6-7-11-13(8-9)25-15(17-11)18-14(20)10-4-2-3-5-12(10)19(21)22/h2-8,16H,1H3,(H,17,18,20). The van der Waals surface area contributed by atoms with E-state index in [4.69, 9.17) is 0 Å². The monoisotopic (exact) mass is 392 g/mol. The number of para-hydroxylation sites is 1. The van der Waals surface area contributed by atoms with Gasteiger partial charge in [-0.15, -0.1) is 0 Å². The number of amides is 1. The lowest BCUT2D eigenvalue weighted by Gasteiger charge is -2.02. The van der Waals surface area contributed by atoms with E-state index in [9.17, 15) is 23.3 Å². The van der Waals surface area contributed by atoms with Crippen molar-refractivity contribution >= 4 is 48.3 Å². The topological polar surface area (TPSA) is 131 Å². The lowest BCUT2D eigenvalue weighted by molar-refractivity contribution is -0.385. The highest BCUT2D eigenvalue weighted by Crippen LogP contribution is 2.29. The SMILES string of the molecule is CNS(=O)(=O)c1ccc2nc(NC(=O)c3ccccc3[N+](=O)[O-])sc2c1. The Bertz CT molecular complexity index is 1120. The molecule has 0 radical (unpaired) electrons. The number of benzene rings is 2. The number of nitrogens with zero attached hydrogens (tertiary/aromatic N) is 2. The third-order valence-electron chi connectivity index (χ3n) is 3.50. The minimum atomic E-state index is -3.59. The minimum absolute atomic E-state index is 0.0766. The maximum Gasteiger partial charge on any atom is 0.282 e. The first-order chi connectivity index (χ1) is 12.3. The number of fused-ring (bicyclic) bond motifs is 1. The number of carbonyl (C=O) groups is 1. The minimum Gasteiger partial charge on any atom is -0.298 e. The first-order valence-corrected chi connectivity index (χ1v) is 9.50. The molecule has 0 aliphatic heterocycles. The highest BCUT2D eigenvalue weighted by atomic mass is 32.2. The van der Waals surface area contributed by atoms with Crippen molar-refractivity contribution in [3.8, 4) is 0 Å². The van der Waals surface area contributed by atoms with Gasteiger partial charge in [0.25, 0.3) is 11.6 Å². The van der Waals surface area contributed by atoms with E-state index in [0.717, 1.165) is 11.3 Å². The number of nitrogens with one attached hydrogen (secondary N) is 2. The maximum absolute atomic E-state index is 12.3. The van der Waals surface area contributed by atoms with Crippen LogP contribution in [-0.4, -0.2) is 31.3 Å². The molecular weight excluding hydrogens is 380 g/mol. The zero-order valence-corrected chi connectivity index (χ0v) is 14.9. The van der Waals surface area contributed by atoms with Gasteiger partial charge in [-0.25, -0.2) is 18.1 Å². The molecule has 2 aromatic carbocycles. The molecule has 0 saturated carbocycles. The van der Waals surface area contributed by atoms with Crippen LogP contribution in [0.15, 0.2) is 47.4 Å². The normalized spacial score (nSPS) is 11.4. The number of hydrogen-bond acceptors (Lipinski definition) is 7. The summed E-state index contributed by atoms with van der Waals surface area (Å²) in [5.41, 5.74) is 0.103. The van der Waals surface area contributed by atoms with E-state index in [1.807, 2.05) is 0 Å². The predicted octanol–water partition coefficient (Wildman–Crippen LogP) is 2.36. The van der Waals surface area contributed by atoms with Gasteiger partial charge in [-0.2, -0.15) is 0 Å². The summed E-state index contributed by atoms with van der Waals surface area (Å²) in [4.78, 5) is 27.0. The summed E-state index contributed by atoms with van der Waals surface area (Å²) in [6.07, 6.45) is 0. The first-order valence-electron chi connectivity index (χ1n) is 7.21. The van der Waals surface area contributed by atoms with E-state index in [2.05, 4.69) is 15.0 Å². The van der Waals surface area contributed by atoms with E-state index in [1.165, 1.54) is 49.5 Å². The molecule has 134 valence electrons. The van der Waals surface area contributed by atoms with E-state index in [-0.39, 0.29) is 21.3 Å². The largest absolute Gasteiger partial charge is 0.298 e. The van der Waals surface area contributed by atoms with Gasteiger partial charge in [0, 0.05) is 6.07 Å². The number of rotatable bonds is 5. The Morgan fingerprint density at radius 2 is 1.96 bits per heavy atom. The van der Waals surface area contributed by atoms with Crippen LogP contribution in [0.2, 0.25) is 0 Å². The van der Waals surface area contributed by atoms with Crippen molar-refractivity contribution < 1.29 is 18.1 Å². The summed E-state index contributed by atoms with van der Waals surface area (Å²) < 4.78 is 26.5. The van der Waals surface area contributed by atoms with Crippen LogP contribution in [0.1, 0.15) is 10.4 Å². The summed E-state index contributed by atoms with van der Waals surface area (Å²) in [5, 5.41) is 13.8.